The van der Waals surface area contributed by atoms with Crippen LogP contribution in [0.5, 0.6) is 5.75 Å². The Bertz CT molecular complexity index is 886. The van der Waals surface area contributed by atoms with Gasteiger partial charge in [-0.25, -0.2) is 9.59 Å². The number of alkyl halides is 5. The summed E-state index contributed by atoms with van der Waals surface area (Å²) >= 11 is 0. The second kappa shape index (κ2) is 8.69. The van der Waals surface area contributed by atoms with Gasteiger partial charge in [-0.05, 0) is 12.0 Å². The fourth-order valence-corrected chi connectivity index (χ4v) is 2.26. The molecular weight excluding hydrogens is 443 g/mol. The monoisotopic (exact) mass is 458 g/mol. The van der Waals surface area contributed by atoms with Gasteiger partial charge in [-0.2, -0.15) is 22.0 Å². The normalized spacial score (nSPS) is 12.4. The van der Waals surface area contributed by atoms with Gasteiger partial charge in [0.25, 0.3) is 5.91 Å². The van der Waals surface area contributed by atoms with Gasteiger partial charge in [-0.1, -0.05) is 13.8 Å². The van der Waals surface area contributed by atoms with E-state index in [9.17, 15) is 56.7 Å². The first-order valence-corrected chi connectivity index (χ1v) is 8.12. The molecule has 0 spiro atoms. The zero-order chi connectivity index (χ0) is 24.4. The number of rotatable bonds is 9. The predicted octanol–water partition coefficient (Wildman–Crippen LogP) is 2.46. The lowest BCUT2D eigenvalue weighted by atomic mass is 9.86. The molecule has 3 N–H and O–H groups in total. The number of nitrogens with one attached hydrogen (secondary N) is 1. The number of carboxylic acid groups (broad SMARTS) is 2. The van der Waals surface area contributed by atoms with Crippen molar-refractivity contribution in [3.63, 3.8) is 0 Å². The highest BCUT2D eigenvalue weighted by atomic mass is 19.4. The second-order valence-electron chi connectivity index (χ2n) is 6.46. The molecule has 15 heteroatoms. The van der Waals surface area contributed by atoms with Gasteiger partial charge in [-0.15, -0.1) is 0 Å². The molecule has 1 rings (SSSR count). The fourth-order valence-electron chi connectivity index (χ4n) is 2.26. The van der Waals surface area contributed by atoms with Crippen molar-refractivity contribution in [1.29, 1.82) is 0 Å². The summed E-state index contributed by atoms with van der Waals surface area (Å²) < 4.78 is 67.2. The number of benzene rings is 1. The van der Waals surface area contributed by atoms with Crippen molar-refractivity contribution < 1.29 is 56.2 Å². The minimum Gasteiger partial charge on any atom is -0.480 e. The maximum Gasteiger partial charge on any atom is 0.456 e. The minimum absolute atomic E-state index is 0.411. The Morgan fingerprint density at radius 2 is 1.65 bits per heavy atom. The van der Waals surface area contributed by atoms with Crippen molar-refractivity contribution >= 4 is 23.5 Å². The van der Waals surface area contributed by atoms with E-state index in [2.05, 4.69) is 4.74 Å². The molecule has 0 aliphatic carbocycles. The molecular formula is C16H15F5N2O8. The molecule has 0 bridgehead atoms. The molecule has 1 aromatic rings. The lowest BCUT2D eigenvalue weighted by Gasteiger charge is -2.29. The SMILES string of the molecule is CC(C)C(NC(=O)c1ccc([N+](=O)[O-])c(OCC(F)(F)C(F)(F)F)c1)(C(=O)O)C(=O)O. The topological polar surface area (TPSA) is 156 Å². The van der Waals surface area contributed by atoms with Crippen molar-refractivity contribution in [2.75, 3.05) is 6.61 Å². The third-order valence-corrected chi connectivity index (χ3v) is 4.09. The van der Waals surface area contributed by atoms with E-state index < -0.39 is 69.9 Å². The van der Waals surface area contributed by atoms with Crippen molar-refractivity contribution in [3.05, 3.63) is 33.9 Å². The Hall–Kier alpha value is -3.52. The smallest absolute Gasteiger partial charge is 0.456 e. The van der Waals surface area contributed by atoms with Crippen molar-refractivity contribution in [3.8, 4) is 5.75 Å². The largest absolute Gasteiger partial charge is 0.480 e. The van der Waals surface area contributed by atoms with E-state index in [0.717, 1.165) is 13.8 Å². The summed E-state index contributed by atoms with van der Waals surface area (Å²) in [4.78, 5) is 45.2. The van der Waals surface area contributed by atoms with E-state index in [1.165, 1.54) is 0 Å². The van der Waals surface area contributed by atoms with Crippen LogP contribution in [-0.4, -0.2) is 57.2 Å². The van der Waals surface area contributed by atoms with E-state index in [1.54, 1.807) is 5.32 Å². The Balaban J connectivity index is 3.35. The predicted molar refractivity (Wildman–Crippen MR) is 89.9 cm³/mol. The quantitative estimate of drug-likeness (QED) is 0.221. The third kappa shape index (κ3) is 5.16. The number of carbonyl (C=O) groups is 3. The lowest BCUT2D eigenvalue weighted by Crippen LogP contribution is -2.63. The number of hydrogen-bond donors (Lipinski definition) is 3. The Kier molecular flexibility index (Phi) is 7.15. The third-order valence-electron chi connectivity index (χ3n) is 4.09. The Morgan fingerprint density at radius 1 is 1.13 bits per heavy atom. The number of hydrogen-bond acceptors (Lipinski definition) is 6. The molecule has 0 atom stereocenters. The highest BCUT2D eigenvalue weighted by molar-refractivity contribution is 6.09. The number of ether oxygens (including phenoxy) is 1. The molecule has 10 nitrogen and oxygen atoms in total. The van der Waals surface area contributed by atoms with E-state index in [1.807, 2.05) is 0 Å². The zero-order valence-corrected chi connectivity index (χ0v) is 15.7. The highest BCUT2D eigenvalue weighted by Crippen LogP contribution is 2.37. The van der Waals surface area contributed by atoms with Gasteiger partial charge in [-0.3, -0.25) is 14.9 Å². The summed E-state index contributed by atoms with van der Waals surface area (Å²) in [6, 6.07) is 1.65. The summed E-state index contributed by atoms with van der Waals surface area (Å²) in [6.45, 7) is -0.0270. The van der Waals surface area contributed by atoms with E-state index >= 15 is 0 Å². The van der Waals surface area contributed by atoms with Gasteiger partial charge >= 0.3 is 29.7 Å². The number of nitrogens with zero attached hydrogens (tertiary/aromatic N) is 1. The van der Waals surface area contributed by atoms with Crippen LogP contribution in [0.15, 0.2) is 18.2 Å². The van der Waals surface area contributed by atoms with E-state index in [0.29, 0.717) is 18.2 Å². The lowest BCUT2D eigenvalue weighted by molar-refractivity contribution is -0.386. The average Bonchev–Trinajstić information content (AvgIpc) is 2.61. The molecule has 0 unspecified atom stereocenters. The van der Waals surface area contributed by atoms with Crippen LogP contribution >= 0.6 is 0 Å². The minimum atomic E-state index is -6.02. The molecule has 0 aromatic heterocycles. The molecule has 0 saturated heterocycles. The van der Waals surface area contributed by atoms with Crippen LogP contribution in [0.1, 0.15) is 24.2 Å². The maximum absolute atomic E-state index is 13.1. The number of halogens is 5. The summed E-state index contributed by atoms with van der Waals surface area (Å²) in [6.07, 6.45) is -6.02. The summed E-state index contributed by atoms with van der Waals surface area (Å²) in [5, 5.41) is 31.3. The van der Waals surface area contributed by atoms with E-state index in [-0.39, 0.29) is 0 Å². The molecule has 172 valence electrons. The van der Waals surface area contributed by atoms with Gasteiger partial charge in [0.2, 0.25) is 5.54 Å². The van der Waals surface area contributed by atoms with Gasteiger partial charge in [0.1, 0.15) is 0 Å². The van der Waals surface area contributed by atoms with Crippen LogP contribution in [0.25, 0.3) is 0 Å². The summed E-state index contributed by atoms with van der Waals surface area (Å²) in [5.74, 6) is -13.1. The van der Waals surface area contributed by atoms with Crippen LogP contribution in [0, 0.1) is 16.0 Å². The molecule has 31 heavy (non-hydrogen) atoms. The van der Waals surface area contributed by atoms with Gasteiger partial charge in [0, 0.05) is 17.7 Å². The number of carbonyl (C=O) groups excluding carboxylic acids is 1. The van der Waals surface area contributed by atoms with Crippen LogP contribution < -0.4 is 10.1 Å². The number of nitro benzene ring substituents is 1. The molecule has 0 aliphatic heterocycles. The van der Waals surface area contributed by atoms with Gasteiger partial charge in [0.05, 0.1) is 4.92 Å². The van der Waals surface area contributed by atoms with Gasteiger partial charge < -0.3 is 20.3 Å². The zero-order valence-electron chi connectivity index (χ0n) is 15.7. The van der Waals surface area contributed by atoms with Crippen molar-refractivity contribution in [1.82, 2.24) is 5.32 Å². The van der Waals surface area contributed by atoms with E-state index in [4.69, 9.17) is 0 Å². The van der Waals surface area contributed by atoms with Gasteiger partial charge in [0.15, 0.2) is 12.4 Å². The van der Waals surface area contributed by atoms with Crippen LogP contribution in [0.4, 0.5) is 27.6 Å². The number of aliphatic carboxylic acids is 2. The Morgan fingerprint density at radius 3 is 2.03 bits per heavy atom. The molecule has 1 aromatic carbocycles. The first kappa shape index (κ1) is 25.5. The first-order valence-electron chi connectivity index (χ1n) is 8.12. The number of nitro groups is 1. The molecule has 0 heterocycles. The average molecular weight is 458 g/mol. The van der Waals surface area contributed by atoms with Crippen molar-refractivity contribution in [2.24, 2.45) is 5.92 Å². The highest BCUT2D eigenvalue weighted by Gasteiger charge is 2.58. The first-order chi connectivity index (χ1) is 14.0. The molecule has 0 saturated carbocycles. The Labute approximate surface area is 169 Å². The molecule has 0 radical (unpaired) electrons. The second-order valence-corrected chi connectivity index (χ2v) is 6.46. The molecule has 0 aliphatic rings. The molecule has 1 amide bonds. The molecule has 0 fully saturated rings. The van der Waals surface area contributed by atoms with Crippen LogP contribution in [0.2, 0.25) is 0 Å². The fraction of sp³-hybridized carbons (Fsp3) is 0.438. The number of amides is 1. The number of carboxylic acids is 2. The maximum atomic E-state index is 13.1. The summed E-state index contributed by atoms with van der Waals surface area (Å²) in [7, 11) is 0. The van der Waals surface area contributed by atoms with Crippen LogP contribution in [0.3, 0.4) is 0 Å². The summed E-state index contributed by atoms with van der Waals surface area (Å²) in [5.41, 5.74) is -4.59. The van der Waals surface area contributed by atoms with Crippen molar-refractivity contribution in [2.45, 2.75) is 31.5 Å². The van der Waals surface area contributed by atoms with Crippen LogP contribution in [-0.2, 0) is 9.59 Å². The standard InChI is InChI=1S/C16H15F5N2O8/c1-7(2)15(12(25)26,13(27)28)22-11(24)8-3-4-9(23(29)30)10(5-8)31-6-14(17,18)16(19,20)21/h3-5,7H,6H2,1-2H3,(H,22,24)(H,25,26)(H,27,28).